The lowest BCUT2D eigenvalue weighted by Crippen LogP contribution is -2.40. The second-order valence-corrected chi connectivity index (χ2v) is 10.3. The number of aromatic nitrogens is 1. The number of anilines is 2. The first-order chi connectivity index (χ1) is 19.6. The number of benzene rings is 3. The Kier molecular flexibility index (Phi) is 11.4. The number of aryl methyl sites for hydroxylation is 1. The van der Waals surface area contributed by atoms with Crippen molar-refractivity contribution >= 4 is 87.2 Å². The van der Waals surface area contributed by atoms with E-state index in [1.807, 2.05) is 25.1 Å². The summed E-state index contributed by atoms with van der Waals surface area (Å²) in [6, 6.07) is 16.5. The lowest BCUT2D eigenvalue weighted by Gasteiger charge is -2.21. The summed E-state index contributed by atoms with van der Waals surface area (Å²) in [5.74, 6) is -0.0290. The number of ether oxygens (including phenoxy) is 1. The number of para-hydroxylation sites is 1. The lowest BCUT2D eigenvalue weighted by atomic mass is 10.1. The van der Waals surface area contributed by atoms with E-state index < -0.39 is 11.9 Å². The normalized spacial score (nSPS) is 10.5. The number of ketones is 1. The van der Waals surface area contributed by atoms with Crippen LogP contribution < -0.4 is 20.3 Å². The molecular weight excluding hydrogens is 622 g/mol. The number of urea groups is 1. The van der Waals surface area contributed by atoms with E-state index in [4.69, 9.17) is 39.5 Å². The van der Waals surface area contributed by atoms with Gasteiger partial charge in [-0.05, 0) is 49.7 Å². The number of hydrogen-bond acceptors (Lipinski definition) is 5. The zero-order valence-electron chi connectivity index (χ0n) is 23.0. The van der Waals surface area contributed by atoms with E-state index in [0.717, 1.165) is 11.1 Å². The molecule has 8 nitrogen and oxygen atoms in total. The fraction of sp³-hybridized carbons (Fsp3) is 0.200. The zero-order chi connectivity index (χ0) is 29.7. The Morgan fingerprint density at radius 3 is 2.43 bits per heavy atom. The van der Waals surface area contributed by atoms with Gasteiger partial charge in [0.1, 0.15) is 17.9 Å². The number of carbonyl (C=O) groups is 3. The Morgan fingerprint density at radius 1 is 0.976 bits per heavy atom. The largest absolute Gasteiger partial charge is 0.487 e. The number of rotatable bonds is 9. The molecule has 0 spiro atoms. The van der Waals surface area contributed by atoms with Crippen LogP contribution in [0.4, 0.5) is 16.2 Å². The highest BCUT2D eigenvalue weighted by atomic mass is 35.5. The summed E-state index contributed by atoms with van der Waals surface area (Å²) in [7, 11) is 1.54. The maximum Gasteiger partial charge on any atom is 0.319 e. The van der Waals surface area contributed by atoms with E-state index in [2.05, 4.69) is 15.6 Å². The number of pyridine rings is 1. The van der Waals surface area contributed by atoms with Crippen molar-refractivity contribution in [2.75, 3.05) is 23.8 Å². The molecule has 0 aliphatic rings. The van der Waals surface area contributed by atoms with E-state index >= 15 is 0 Å². The van der Waals surface area contributed by atoms with Gasteiger partial charge in [0.2, 0.25) is 5.91 Å². The van der Waals surface area contributed by atoms with Crippen molar-refractivity contribution in [3.05, 3.63) is 92.6 Å². The predicted molar refractivity (Wildman–Crippen MR) is 171 cm³/mol. The maximum atomic E-state index is 12.9. The Balaban J connectivity index is 0.00000484. The Hall–Kier alpha value is -3.56. The van der Waals surface area contributed by atoms with Gasteiger partial charge < -0.3 is 20.3 Å². The van der Waals surface area contributed by atoms with Crippen LogP contribution >= 0.6 is 47.2 Å². The fourth-order valence-corrected chi connectivity index (χ4v) is 4.94. The van der Waals surface area contributed by atoms with Gasteiger partial charge in [-0.1, -0.05) is 66.0 Å². The first kappa shape index (κ1) is 32.9. The first-order valence-electron chi connectivity index (χ1n) is 12.7. The number of likely N-dealkylation sites (N-methyl/N-ethyl adjacent to an activating group) is 1. The second-order valence-electron chi connectivity index (χ2n) is 9.15. The topological polar surface area (TPSA) is 101 Å². The average Bonchev–Trinajstić information content (AvgIpc) is 2.95. The number of fused-ring (bicyclic) bond motifs is 1. The quantitative estimate of drug-likeness (QED) is 0.181. The molecule has 0 aliphatic heterocycles. The SMILES string of the molecule is CCc1cc(Cl)c2cccc(OCc3c(Cl)ccc(N(C)C(=O)CNC(=O)Nc4cccc(C(C)=O)c4)c3Cl)c2n1.Cl. The third kappa shape index (κ3) is 7.63. The highest BCUT2D eigenvalue weighted by Gasteiger charge is 2.20. The van der Waals surface area contributed by atoms with E-state index in [-0.39, 0.29) is 36.4 Å². The van der Waals surface area contributed by atoms with Gasteiger partial charge in [0.25, 0.3) is 0 Å². The van der Waals surface area contributed by atoms with Gasteiger partial charge in [0.05, 0.1) is 22.3 Å². The van der Waals surface area contributed by atoms with Crippen LogP contribution in [-0.4, -0.2) is 36.3 Å². The molecular formula is C30H28Cl4N4O4. The molecule has 0 fully saturated rings. The van der Waals surface area contributed by atoms with Crippen molar-refractivity contribution in [3.63, 3.8) is 0 Å². The highest BCUT2D eigenvalue weighted by Crippen LogP contribution is 2.36. The van der Waals surface area contributed by atoms with Gasteiger partial charge in [-0.3, -0.25) is 9.59 Å². The maximum absolute atomic E-state index is 12.9. The number of amides is 3. The number of halogens is 4. The smallest absolute Gasteiger partial charge is 0.319 e. The van der Waals surface area contributed by atoms with Gasteiger partial charge in [0.15, 0.2) is 5.78 Å². The number of hydrogen-bond donors (Lipinski definition) is 2. The van der Waals surface area contributed by atoms with Gasteiger partial charge in [0, 0.05) is 40.0 Å². The number of nitrogens with zero attached hydrogens (tertiary/aromatic N) is 2. The van der Waals surface area contributed by atoms with Crippen LogP contribution in [0.1, 0.15) is 35.5 Å². The number of carbonyl (C=O) groups excluding carboxylic acids is 3. The van der Waals surface area contributed by atoms with Crippen LogP contribution in [0.5, 0.6) is 5.75 Å². The van der Waals surface area contributed by atoms with Gasteiger partial charge in [-0.2, -0.15) is 0 Å². The molecule has 0 unspecified atom stereocenters. The van der Waals surface area contributed by atoms with Crippen LogP contribution in [0.2, 0.25) is 15.1 Å². The van der Waals surface area contributed by atoms with Crippen LogP contribution in [0.15, 0.2) is 60.7 Å². The Bertz CT molecular complexity index is 1650. The standard InChI is InChI=1S/C30H27Cl3N4O4.ClH/c1-4-19-14-24(32)21-9-6-10-26(29(21)35-19)41-16-22-23(31)11-12-25(28(22)33)37(3)27(39)15-34-30(40)36-20-8-5-7-18(13-20)17(2)38;/h5-14H,4,15-16H2,1-3H3,(H2,34,36,40);1H. The Morgan fingerprint density at radius 2 is 1.71 bits per heavy atom. The van der Waals surface area contributed by atoms with Crippen molar-refractivity contribution < 1.29 is 19.1 Å². The minimum absolute atomic E-state index is 0. The first-order valence-corrected chi connectivity index (χ1v) is 13.8. The molecule has 220 valence electrons. The van der Waals surface area contributed by atoms with Crippen molar-refractivity contribution in [1.29, 1.82) is 0 Å². The third-order valence-corrected chi connectivity index (χ3v) is 7.46. The molecule has 2 N–H and O–H groups in total. The van der Waals surface area contributed by atoms with Crippen LogP contribution in [0, 0.1) is 0 Å². The molecule has 1 aromatic heterocycles. The summed E-state index contributed by atoms with van der Waals surface area (Å²) in [6.07, 6.45) is 0.716. The monoisotopic (exact) mass is 648 g/mol. The predicted octanol–water partition coefficient (Wildman–Crippen LogP) is 7.75. The summed E-state index contributed by atoms with van der Waals surface area (Å²) in [6.45, 7) is 3.14. The van der Waals surface area contributed by atoms with Crippen LogP contribution in [0.3, 0.4) is 0 Å². The van der Waals surface area contributed by atoms with E-state index in [1.54, 1.807) is 49.5 Å². The third-order valence-electron chi connectivity index (χ3n) is 6.37. The molecule has 12 heteroatoms. The minimum atomic E-state index is -0.598. The second kappa shape index (κ2) is 14.6. The average molecular weight is 650 g/mol. The fourth-order valence-electron chi connectivity index (χ4n) is 4.05. The molecule has 4 rings (SSSR count). The molecule has 0 radical (unpaired) electrons. The van der Waals surface area contributed by atoms with Crippen LogP contribution in [0.25, 0.3) is 10.9 Å². The summed E-state index contributed by atoms with van der Waals surface area (Å²) >= 11 is 19.6. The molecule has 0 atom stereocenters. The minimum Gasteiger partial charge on any atom is -0.487 e. The van der Waals surface area contributed by atoms with Crippen molar-refractivity contribution in [3.8, 4) is 5.75 Å². The molecule has 0 saturated heterocycles. The molecule has 0 bridgehead atoms. The van der Waals surface area contributed by atoms with Gasteiger partial charge in [-0.15, -0.1) is 12.4 Å². The van der Waals surface area contributed by atoms with Crippen LogP contribution in [-0.2, 0) is 17.8 Å². The van der Waals surface area contributed by atoms with Crippen molar-refractivity contribution in [1.82, 2.24) is 10.3 Å². The van der Waals surface area contributed by atoms with Gasteiger partial charge >= 0.3 is 6.03 Å². The molecule has 1 heterocycles. The molecule has 4 aromatic rings. The summed E-state index contributed by atoms with van der Waals surface area (Å²) in [4.78, 5) is 42.8. The zero-order valence-corrected chi connectivity index (χ0v) is 26.0. The highest BCUT2D eigenvalue weighted by molar-refractivity contribution is 6.38. The van der Waals surface area contributed by atoms with Crippen molar-refractivity contribution in [2.45, 2.75) is 26.9 Å². The molecule has 42 heavy (non-hydrogen) atoms. The van der Waals surface area contributed by atoms with E-state index in [0.29, 0.717) is 50.2 Å². The van der Waals surface area contributed by atoms with E-state index in [9.17, 15) is 14.4 Å². The Labute approximate surface area is 264 Å². The molecule has 0 aliphatic carbocycles. The molecule has 3 amide bonds. The number of nitrogens with one attached hydrogen (secondary N) is 2. The molecule has 0 saturated carbocycles. The van der Waals surface area contributed by atoms with Gasteiger partial charge in [-0.25, -0.2) is 9.78 Å². The summed E-state index contributed by atoms with van der Waals surface area (Å²) < 4.78 is 6.10. The van der Waals surface area contributed by atoms with E-state index in [1.165, 1.54) is 11.8 Å². The molecule has 3 aromatic carbocycles. The number of Topliss-reactive ketones (excluding diaryl/α,β-unsaturated/α-hetero) is 1. The summed E-state index contributed by atoms with van der Waals surface area (Å²) in [5.41, 5.74) is 3.23. The van der Waals surface area contributed by atoms with Crippen molar-refractivity contribution in [2.24, 2.45) is 0 Å². The lowest BCUT2D eigenvalue weighted by molar-refractivity contribution is -0.117. The summed E-state index contributed by atoms with van der Waals surface area (Å²) in [5, 5.41) is 7.08.